The minimum absolute atomic E-state index is 0.0332. The Morgan fingerprint density at radius 3 is 2.00 bits per heavy atom. The van der Waals surface area contributed by atoms with Gasteiger partial charge < -0.3 is 15.4 Å². The van der Waals surface area contributed by atoms with Gasteiger partial charge in [-0.05, 0) is 58.6 Å². The molecule has 1 aromatic carbocycles. The van der Waals surface area contributed by atoms with Crippen LogP contribution in [-0.2, 0) is 4.74 Å². The van der Waals surface area contributed by atoms with Gasteiger partial charge in [-0.25, -0.2) is 4.79 Å². The van der Waals surface area contributed by atoms with Crippen LogP contribution in [0.1, 0.15) is 56.8 Å². The van der Waals surface area contributed by atoms with E-state index in [2.05, 4.69) is 10.6 Å². The van der Waals surface area contributed by atoms with Crippen LogP contribution >= 0.6 is 0 Å². The molecule has 5 heteroatoms. The van der Waals surface area contributed by atoms with Crippen LogP contribution in [-0.4, -0.2) is 29.7 Å². The summed E-state index contributed by atoms with van der Waals surface area (Å²) in [5.41, 5.74) is 0.201. The summed E-state index contributed by atoms with van der Waals surface area (Å²) in [5.74, 6) is -0.0332. The molecule has 2 rings (SSSR count). The summed E-state index contributed by atoms with van der Waals surface area (Å²) in [6.07, 6.45) is 3.05. The average molecular weight is 318 g/mol. The highest BCUT2D eigenvalue weighted by Gasteiger charge is 2.25. The standard InChI is InChI=1S/C18H26N2O3/c1-18(2,3)23-17(22)20-15-11-9-14(10-12-15)19-16(21)13-7-5-4-6-8-13/h4-8,14-15H,9-12H2,1-3H3,(H,19,21)(H,20,22). The Morgan fingerprint density at radius 2 is 1.48 bits per heavy atom. The molecular formula is C18H26N2O3. The van der Waals surface area contributed by atoms with Crippen LogP contribution in [0.2, 0.25) is 0 Å². The molecule has 0 saturated heterocycles. The Kier molecular flexibility index (Phi) is 5.64. The van der Waals surface area contributed by atoms with Gasteiger partial charge in [-0.2, -0.15) is 0 Å². The maximum Gasteiger partial charge on any atom is 0.407 e. The number of alkyl carbamates (subject to hydrolysis) is 1. The van der Waals surface area contributed by atoms with Crippen LogP contribution in [0.4, 0.5) is 4.79 Å². The van der Waals surface area contributed by atoms with Crippen molar-refractivity contribution < 1.29 is 14.3 Å². The van der Waals surface area contributed by atoms with E-state index < -0.39 is 5.60 Å². The number of ether oxygens (including phenoxy) is 1. The van der Waals surface area contributed by atoms with Crippen molar-refractivity contribution in [2.75, 3.05) is 0 Å². The first-order valence-corrected chi connectivity index (χ1v) is 8.19. The second-order valence-electron chi connectivity index (χ2n) is 7.03. The third-order valence-corrected chi connectivity index (χ3v) is 3.82. The molecule has 1 aliphatic carbocycles. The number of nitrogens with one attached hydrogen (secondary N) is 2. The molecule has 0 aromatic heterocycles. The summed E-state index contributed by atoms with van der Waals surface area (Å²) < 4.78 is 5.27. The molecule has 0 heterocycles. The van der Waals surface area contributed by atoms with Gasteiger partial charge in [-0.15, -0.1) is 0 Å². The zero-order valence-electron chi connectivity index (χ0n) is 14.1. The Labute approximate surface area is 137 Å². The monoisotopic (exact) mass is 318 g/mol. The van der Waals surface area contributed by atoms with E-state index in [0.717, 1.165) is 25.7 Å². The molecule has 0 aliphatic heterocycles. The first-order chi connectivity index (χ1) is 10.8. The summed E-state index contributed by atoms with van der Waals surface area (Å²) in [7, 11) is 0. The summed E-state index contributed by atoms with van der Waals surface area (Å²) in [6.45, 7) is 5.55. The molecule has 126 valence electrons. The fourth-order valence-corrected chi connectivity index (χ4v) is 2.71. The molecule has 1 saturated carbocycles. The molecule has 0 bridgehead atoms. The van der Waals surface area contributed by atoms with Gasteiger partial charge in [0.1, 0.15) is 5.60 Å². The predicted molar refractivity (Wildman–Crippen MR) is 89.3 cm³/mol. The van der Waals surface area contributed by atoms with Crippen molar-refractivity contribution in [3.05, 3.63) is 35.9 Å². The normalized spacial score (nSPS) is 21.3. The highest BCUT2D eigenvalue weighted by molar-refractivity contribution is 5.94. The van der Waals surface area contributed by atoms with Crippen LogP contribution < -0.4 is 10.6 Å². The number of hydrogen-bond acceptors (Lipinski definition) is 3. The first-order valence-electron chi connectivity index (χ1n) is 8.19. The Balaban J connectivity index is 1.74. The maximum atomic E-state index is 12.1. The average Bonchev–Trinajstić information content (AvgIpc) is 2.48. The van der Waals surface area contributed by atoms with E-state index in [1.54, 1.807) is 0 Å². The van der Waals surface area contributed by atoms with E-state index in [-0.39, 0.29) is 24.1 Å². The SMILES string of the molecule is CC(C)(C)OC(=O)NC1CCC(NC(=O)c2ccccc2)CC1. The van der Waals surface area contributed by atoms with Crippen molar-refractivity contribution in [1.29, 1.82) is 0 Å². The Hall–Kier alpha value is -2.04. The van der Waals surface area contributed by atoms with Crippen LogP contribution in [0, 0.1) is 0 Å². The molecule has 0 atom stereocenters. The number of rotatable bonds is 3. The van der Waals surface area contributed by atoms with Gasteiger partial charge >= 0.3 is 6.09 Å². The minimum atomic E-state index is -0.481. The third kappa shape index (κ3) is 5.93. The molecule has 2 amide bonds. The van der Waals surface area contributed by atoms with Crippen molar-refractivity contribution in [2.24, 2.45) is 0 Å². The molecular weight excluding hydrogens is 292 g/mol. The molecule has 23 heavy (non-hydrogen) atoms. The number of hydrogen-bond donors (Lipinski definition) is 2. The molecule has 1 aliphatic rings. The van der Waals surface area contributed by atoms with Gasteiger partial charge in [0.15, 0.2) is 0 Å². The van der Waals surface area contributed by atoms with Crippen molar-refractivity contribution in [3.8, 4) is 0 Å². The molecule has 0 radical (unpaired) electrons. The van der Waals surface area contributed by atoms with Crippen molar-refractivity contribution in [3.63, 3.8) is 0 Å². The van der Waals surface area contributed by atoms with Gasteiger partial charge in [-0.1, -0.05) is 18.2 Å². The van der Waals surface area contributed by atoms with E-state index in [0.29, 0.717) is 5.56 Å². The molecule has 5 nitrogen and oxygen atoms in total. The fourth-order valence-electron chi connectivity index (χ4n) is 2.71. The largest absolute Gasteiger partial charge is 0.444 e. The smallest absolute Gasteiger partial charge is 0.407 e. The minimum Gasteiger partial charge on any atom is -0.444 e. The van der Waals surface area contributed by atoms with Crippen LogP contribution in [0.3, 0.4) is 0 Å². The highest BCUT2D eigenvalue weighted by Crippen LogP contribution is 2.19. The summed E-state index contributed by atoms with van der Waals surface area (Å²) in [6, 6.07) is 9.52. The van der Waals surface area contributed by atoms with E-state index in [1.807, 2.05) is 51.1 Å². The molecule has 0 spiro atoms. The number of carbonyl (C=O) groups is 2. The van der Waals surface area contributed by atoms with Crippen LogP contribution in [0.15, 0.2) is 30.3 Å². The number of carbonyl (C=O) groups excluding carboxylic acids is 2. The van der Waals surface area contributed by atoms with Crippen molar-refractivity contribution in [1.82, 2.24) is 10.6 Å². The second-order valence-corrected chi connectivity index (χ2v) is 7.03. The van der Waals surface area contributed by atoms with Crippen LogP contribution in [0.25, 0.3) is 0 Å². The second kappa shape index (κ2) is 7.49. The highest BCUT2D eigenvalue weighted by atomic mass is 16.6. The molecule has 1 fully saturated rings. The molecule has 1 aromatic rings. The summed E-state index contributed by atoms with van der Waals surface area (Å²) >= 11 is 0. The van der Waals surface area contributed by atoms with E-state index in [9.17, 15) is 9.59 Å². The van der Waals surface area contributed by atoms with Gasteiger partial charge in [0.2, 0.25) is 0 Å². The van der Waals surface area contributed by atoms with Gasteiger partial charge in [0, 0.05) is 17.6 Å². The Morgan fingerprint density at radius 1 is 0.957 bits per heavy atom. The zero-order valence-corrected chi connectivity index (χ0v) is 14.1. The van der Waals surface area contributed by atoms with Crippen molar-refractivity contribution >= 4 is 12.0 Å². The lowest BCUT2D eigenvalue weighted by Crippen LogP contribution is -2.45. The van der Waals surface area contributed by atoms with Gasteiger partial charge in [-0.3, -0.25) is 4.79 Å². The first kappa shape index (κ1) is 17.3. The predicted octanol–water partition coefficient (Wildman–Crippen LogP) is 3.25. The van der Waals surface area contributed by atoms with E-state index >= 15 is 0 Å². The van der Waals surface area contributed by atoms with Gasteiger partial charge in [0.25, 0.3) is 5.91 Å². The van der Waals surface area contributed by atoms with Gasteiger partial charge in [0.05, 0.1) is 0 Å². The number of amides is 2. The third-order valence-electron chi connectivity index (χ3n) is 3.82. The molecule has 0 unspecified atom stereocenters. The lowest BCUT2D eigenvalue weighted by Gasteiger charge is -2.30. The summed E-state index contributed by atoms with van der Waals surface area (Å²) in [5, 5.41) is 5.97. The van der Waals surface area contributed by atoms with E-state index in [1.165, 1.54) is 0 Å². The lowest BCUT2D eigenvalue weighted by atomic mass is 9.91. The Bertz CT molecular complexity index is 529. The summed E-state index contributed by atoms with van der Waals surface area (Å²) in [4.78, 5) is 23.9. The zero-order chi connectivity index (χ0) is 16.9. The topological polar surface area (TPSA) is 67.4 Å². The molecule has 2 N–H and O–H groups in total. The fraction of sp³-hybridized carbons (Fsp3) is 0.556. The maximum absolute atomic E-state index is 12.1. The van der Waals surface area contributed by atoms with Crippen molar-refractivity contribution in [2.45, 2.75) is 64.1 Å². The van der Waals surface area contributed by atoms with Crippen LogP contribution in [0.5, 0.6) is 0 Å². The quantitative estimate of drug-likeness (QED) is 0.899. The number of benzene rings is 1. The lowest BCUT2D eigenvalue weighted by molar-refractivity contribution is 0.0488. The van der Waals surface area contributed by atoms with E-state index in [4.69, 9.17) is 4.74 Å².